The highest BCUT2D eigenvalue weighted by Gasteiger charge is 2.32. The first-order chi connectivity index (χ1) is 21.1. The smallest absolute Gasteiger partial charge is 0.244 e. The molecule has 4 atom stereocenters. The average Bonchev–Trinajstić information content (AvgIpc) is 3.40. The molecule has 0 bridgehead atoms. The Morgan fingerprint density at radius 2 is 1.82 bits per heavy atom. The van der Waals surface area contributed by atoms with Gasteiger partial charge in [-0.25, -0.2) is 9.07 Å². The molecule has 1 aromatic heterocycles. The van der Waals surface area contributed by atoms with E-state index in [0.29, 0.717) is 30.6 Å². The van der Waals surface area contributed by atoms with Gasteiger partial charge in [-0.3, -0.25) is 19.7 Å². The fraction of sp³-hybridized carbons (Fsp3) is 0.469. The summed E-state index contributed by atoms with van der Waals surface area (Å²) in [6, 6.07) is 10.8. The number of nitrogens with zero attached hydrogens (tertiary/aromatic N) is 3. The zero-order chi connectivity index (χ0) is 31.6. The van der Waals surface area contributed by atoms with Gasteiger partial charge in [-0.2, -0.15) is 0 Å². The molecule has 0 unspecified atom stereocenters. The Balaban J connectivity index is 1.63. The zero-order valence-corrected chi connectivity index (χ0v) is 25.7. The van der Waals surface area contributed by atoms with Crippen LogP contribution in [0.1, 0.15) is 44.0 Å². The van der Waals surface area contributed by atoms with Crippen molar-refractivity contribution in [1.82, 2.24) is 36.3 Å². The van der Waals surface area contributed by atoms with E-state index in [1.54, 1.807) is 25.3 Å². The van der Waals surface area contributed by atoms with Crippen LogP contribution in [0, 0.1) is 18.7 Å². The number of carbonyl (C=O) groups is 3. The first kappa shape index (κ1) is 32.6. The number of ether oxygens (including phenoxy) is 1. The molecular formula is C32H42FN7O4. The fourth-order valence-electron chi connectivity index (χ4n) is 5.11. The molecule has 1 aliphatic rings. The number of rotatable bonds is 5. The van der Waals surface area contributed by atoms with Crippen molar-refractivity contribution >= 4 is 17.7 Å². The number of amides is 3. The summed E-state index contributed by atoms with van der Waals surface area (Å²) in [6.07, 6.45) is 3.20. The second kappa shape index (κ2) is 15.4. The van der Waals surface area contributed by atoms with Crippen LogP contribution in [-0.4, -0.2) is 70.0 Å². The van der Waals surface area contributed by atoms with Gasteiger partial charge in [0, 0.05) is 18.8 Å². The SMILES string of the molecule is Cc1cn(C[C@@H]2NC(=O)[C@@H](C(C)C)NC(=O)[C@@H](Cc3cccc(F)c3)N[C@@H](C)COc3ccccc3CCCNC2=O)nn1. The maximum Gasteiger partial charge on any atom is 0.244 e. The maximum atomic E-state index is 14.0. The molecule has 1 aliphatic heterocycles. The number of fused-ring (bicyclic) bond motifs is 1. The third-order valence-corrected chi connectivity index (χ3v) is 7.42. The Hall–Kier alpha value is -4.32. The molecule has 0 spiro atoms. The van der Waals surface area contributed by atoms with Crippen molar-refractivity contribution in [2.75, 3.05) is 13.2 Å². The van der Waals surface area contributed by atoms with Crippen molar-refractivity contribution < 1.29 is 23.5 Å². The molecule has 11 nitrogen and oxygen atoms in total. The van der Waals surface area contributed by atoms with E-state index in [0.717, 1.165) is 11.3 Å². The van der Waals surface area contributed by atoms with Crippen LogP contribution >= 0.6 is 0 Å². The number of hydrogen-bond donors (Lipinski definition) is 4. The molecule has 4 N–H and O–H groups in total. The van der Waals surface area contributed by atoms with Gasteiger partial charge in [-0.1, -0.05) is 49.4 Å². The van der Waals surface area contributed by atoms with E-state index in [1.807, 2.05) is 45.0 Å². The lowest BCUT2D eigenvalue weighted by atomic mass is 10.00. The number of para-hydroxylation sites is 1. The van der Waals surface area contributed by atoms with Gasteiger partial charge in [0.05, 0.1) is 18.3 Å². The van der Waals surface area contributed by atoms with E-state index < -0.39 is 35.8 Å². The highest BCUT2D eigenvalue weighted by molar-refractivity contribution is 5.93. The number of carbonyl (C=O) groups excluding carboxylic acids is 3. The Morgan fingerprint density at radius 1 is 1.02 bits per heavy atom. The predicted molar refractivity (Wildman–Crippen MR) is 163 cm³/mol. The highest BCUT2D eigenvalue weighted by atomic mass is 19.1. The number of halogens is 1. The molecule has 0 fully saturated rings. The Morgan fingerprint density at radius 3 is 2.55 bits per heavy atom. The van der Waals surface area contributed by atoms with Crippen LogP contribution in [0.15, 0.2) is 54.7 Å². The molecule has 44 heavy (non-hydrogen) atoms. The summed E-state index contributed by atoms with van der Waals surface area (Å²) < 4.78 is 21.7. The molecule has 0 saturated heterocycles. The number of hydrogen-bond acceptors (Lipinski definition) is 7. The van der Waals surface area contributed by atoms with Gasteiger partial charge in [-0.15, -0.1) is 5.10 Å². The Labute approximate surface area is 257 Å². The van der Waals surface area contributed by atoms with Crippen molar-refractivity contribution in [1.29, 1.82) is 0 Å². The zero-order valence-electron chi connectivity index (χ0n) is 25.7. The van der Waals surface area contributed by atoms with Crippen LogP contribution in [0.3, 0.4) is 0 Å². The second-order valence-corrected chi connectivity index (χ2v) is 11.6. The van der Waals surface area contributed by atoms with Crippen molar-refractivity contribution in [3.63, 3.8) is 0 Å². The van der Waals surface area contributed by atoms with Crippen LogP contribution in [0.5, 0.6) is 5.75 Å². The Kier molecular flexibility index (Phi) is 11.4. The molecular weight excluding hydrogens is 565 g/mol. The quantitative estimate of drug-likeness (QED) is 0.348. The van der Waals surface area contributed by atoms with Crippen LogP contribution < -0.4 is 26.0 Å². The van der Waals surface area contributed by atoms with Crippen LogP contribution in [0.25, 0.3) is 0 Å². The number of benzene rings is 2. The lowest BCUT2D eigenvalue weighted by molar-refractivity contribution is -0.133. The third-order valence-electron chi connectivity index (χ3n) is 7.42. The van der Waals surface area contributed by atoms with Crippen molar-refractivity contribution in [2.45, 2.75) is 77.7 Å². The summed E-state index contributed by atoms with van der Waals surface area (Å²) in [4.78, 5) is 40.7. The minimum Gasteiger partial charge on any atom is -0.492 e. The lowest BCUT2D eigenvalue weighted by Crippen LogP contribution is -2.59. The van der Waals surface area contributed by atoms with E-state index in [9.17, 15) is 18.8 Å². The third kappa shape index (κ3) is 9.34. The van der Waals surface area contributed by atoms with E-state index in [1.165, 1.54) is 16.8 Å². The molecule has 3 amide bonds. The topological polar surface area (TPSA) is 139 Å². The van der Waals surface area contributed by atoms with Gasteiger partial charge in [-0.05, 0) is 68.4 Å². The number of aromatic nitrogens is 3. The van der Waals surface area contributed by atoms with Gasteiger partial charge in [0.15, 0.2) is 0 Å². The maximum absolute atomic E-state index is 14.0. The highest BCUT2D eigenvalue weighted by Crippen LogP contribution is 2.20. The first-order valence-corrected chi connectivity index (χ1v) is 15.1. The lowest BCUT2D eigenvalue weighted by Gasteiger charge is -2.29. The van der Waals surface area contributed by atoms with E-state index in [2.05, 4.69) is 31.6 Å². The Bertz CT molecular complexity index is 1430. The summed E-state index contributed by atoms with van der Waals surface area (Å²) in [6.45, 7) is 8.05. The van der Waals surface area contributed by atoms with Gasteiger partial charge >= 0.3 is 0 Å². The van der Waals surface area contributed by atoms with Gasteiger partial charge < -0.3 is 20.7 Å². The van der Waals surface area contributed by atoms with Crippen LogP contribution in [0.4, 0.5) is 4.39 Å². The van der Waals surface area contributed by atoms with E-state index in [4.69, 9.17) is 4.74 Å². The van der Waals surface area contributed by atoms with Gasteiger partial charge in [0.1, 0.15) is 30.3 Å². The molecule has 12 heteroatoms. The summed E-state index contributed by atoms with van der Waals surface area (Å²) >= 11 is 0. The van der Waals surface area contributed by atoms with Crippen LogP contribution in [-0.2, 0) is 33.8 Å². The molecule has 0 saturated carbocycles. The second-order valence-electron chi connectivity index (χ2n) is 11.6. The summed E-state index contributed by atoms with van der Waals surface area (Å²) in [7, 11) is 0. The standard InChI is InChI=1S/C32H42FN7O4/c1-20(2)29-32(43)36-27(18-40-17-21(3)38-39-40)30(41)34-14-8-11-24-10-5-6-13-28(24)44-19-22(4)35-26(31(42)37-29)16-23-9-7-12-25(33)15-23/h5-7,9-10,12-13,15,17,20,22,26-27,29,35H,8,11,14,16,18-19H2,1-4H3,(H,34,41)(H,36,43)(H,37,42)/t22-,26+,27-,29+/m0/s1. The molecule has 3 aromatic rings. The van der Waals surface area contributed by atoms with E-state index in [-0.39, 0.29) is 37.4 Å². The minimum absolute atomic E-state index is 0.0646. The molecule has 0 radical (unpaired) electrons. The van der Waals surface area contributed by atoms with Gasteiger partial charge in [0.25, 0.3) is 0 Å². The summed E-state index contributed by atoms with van der Waals surface area (Å²) in [5.74, 6) is -1.27. The largest absolute Gasteiger partial charge is 0.492 e. The molecule has 0 aliphatic carbocycles. The van der Waals surface area contributed by atoms with Crippen molar-refractivity contribution in [3.05, 3.63) is 77.4 Å². The summed E-state index contributed by atoms with van der Waals surface area (Å²) in [5, 5.41) is 20.0. The number of aryl methyl sites for hydroxylation is 2. The van der Waals surface area contributed by atoms with Gasteiger partial charge in [0.2, 0.25) is 17.7 Å². The van der Waals surface area contributed by atoms with Crippen LogP contribution in [0.2, 0.25) is 0 Å². The van der Waals surface area contributed by atoms with Crippen molar-refractivity contribution in [3.8, 4) is 5.75 Å². The summed E-state index contributed by atoms with van der Waals surface area (Å²) in [5.41, 5.74) is 2.30. The first-order valence-electron chi connectivity index (χ1n) is 15.1. The van der Waals surface area contributed by atoms with E-state index >= 15 is 0 Å². The normalized spacial score (nSPS) is 22.5. The predicted octanol–water partition coefficient (Wildman–Crippen LogP) is 2.08. The fourth-order valence-corrected chi connectivity index (χ4v) is 5.11. The molecule has 4 rings (SSSR count). The number of nitrogens with one attached hydrogen (secondary N) is 4. The molecule has 2 heterocycles. The molecule has 2 aromatic carbocycles. The monoisotopic (exact) mass is 607 g/mol. The van der Waals surface area contributed by atoms with Crippen molar-refractivity contribution in [2.24, 2.45) is 5.92 Å². The minimum atomic E-state index is -0.961. The molecule has 236 valence electrons. The average molecular weight is 608 g/mol.